The number of hydrogen-bond donors (Lipinski definition) is 2. The van der Waals surface area contributed by atoms with Crippen molar-refractivity contribution in [3.63, 3.8) is 0 Å². The number of nitrogens with two attached hydrogens (primary N) is 1. The van der Waals surface area contributed by atoms with Crippen molar-refractivity contribution in [2.45, 2.75) is 88.8 Å². The number of hydrogen-bond acceptors (Lipinski definition) is 3. The highest BCUT2D eigenvalue weighted by molar-refractivity contribution is 5.90. The number of fused-ring (bicyclic) bond motifs is 2. The molecule has 3 N–H and O–H groups in total. The van der Waals surface area contributed by atoms with Gasteiger partial charge >= 0.3 is 0 Å². The molecule has 0 saturated heterocycles. The lowest BCUT2D eigenvalue weighted by Gasteiger charge is -2.27. The highest BCUT2D eigenvalue weighted by Gasteiger charge is 2.27. The number of amides is 1. The molecule has 4 aromatic rings. The predicted molar refractivity (Wildman–Crippen MR) is 155 cm³/mol. The molecule has 2 aromatic heterocycles. The standard InChI is InChI=1S/C33H40N4O/c34-25-14-16-26(17-15-25)36-33(38)18-29(30-20-35-19-24-10-4-5-11-27(24)30)31-22-37(21-23-8-2-1-3-9-23)32-13-7-6-12-28(31)32/h4-7,10-13,19-20,22-23,25-26,29H,1-3,8-9,14-18,21,34H2,(H,36,38). The van der Waals surface area contributed by atoms with Gasteiger partial charge in [0.15, 0.2) is 0 Å². The van der Waals surface area contributed by atoms with E-state index in [0.29, 0.717) is 6.42 Å². The van der Waals surface area contributed by atoms with Gasteiger partial charge in [-0.2, -0.15) is 0 Å². The number of pyridine rings is 1. The molecule has 1 amide bonds. The number of nitrogens with one attached hydrogen (secondary N) is 1. The largest absolute Gasteiger partial charge is 0.353 e. The van der Waals surface area contributed by atoms with Crippen molar-refractivity contribution in [3.05, 3.63) is 78.2 Å². The molecule has 1 atom stereocenters. The Balaban J connectivity index is 1.38. The van der Waals surface area contributed by atoms with Crippen LogP contribution < -0.4 is 11.1 Å². The van der Waals surface area contributed by atoms with Gasteiger partial charge in [-0.3, -0.25) is 9.78 Å². The zero-order chi connectivity index (χ0) is 25.9. The van der Waals surface area contributed by atoms with Gasteiger partial charge in [0, 0.05) is 65.8 Å². The van der Waals surface area contributed by atoms with Crippen LogP contribution in [-0.2, 0) is 11.3 Å². The van der Waals surface area contributed by atoms with E-state index in [1.54, 1.807) is 0 Å². The lowest BCUT2D eigenvalue weighted by molar-refractivity contribution is -0.122. The van der Waals surface area contributed by atoms with Gasteiger partial charge in [-0.05, 0) is 67.0 Å². The molecular weight excluding hydrogens is 468 g/mol. The first kappa shape index (κ1) is 25.1. The predicted octanol–water partition coefficient (Wildman–Crippen LogP) is 6.68. The normalized spacial score (nSPS) is 21.5. The van der Waals surface area contributed by atoms with Crippen LogP contribution in [0.15, 0.2) is 67.1 Å². The second kappa shape index (κ2) is 11.3. The molecule has 0 radical (unpaired) electrons. The molecule has 2 heterocycles. The number of nitrogens with zero attached hydrogens (tertiary/aromatic N) is 2. The van der Waals surface area contributed by atoms with Crippen LogP contribution in [0, 0.1) is 5.92 Å². The highest BCUT2D eigenvalue weighted by atomic mass is 16.1. The lowest BCUT2D eigenvalue weighted by atomic mass is 9.86. The van der Waals surface area contributed by atoms with Crippen LogP contribution in [-0.4, -0.2) is 27.5 Å². The van der Waals surface area contributed by atoms with E-state index in [-0.39, 0.29) is 23.9 Å². The second-order valence-corrected chi connectivity index (χ2v) is 11.6. The first-order valence-corrected chi connectivity index (χ1v) is 14.6. The highest BCUT2D eigenvalue weighted by Crippen LogP contribution is 2.38. The molecule has 0 spiro atoms. The third-order valence-electron chi connectivity index (χ3n) is 8.98. The number of para-hydroxylation sites is 1. The quantitative estimate of drug-likeness (QED) is 0.292. The molecule has 2 aliphatic carbocycles. The minimum absolute atomic E-state index is 0.0723. The summed E-state index contributed by atoms with van der Waals surface area (Å²) in [6.07, 6.45) is 17.2. The molecule has 1 unspecified atom stereocenters. The van der Waals surface area contributed by atoms with E-state index in [0.717, 1.165) is 49.1 Å². The van der Waals surface area contributed by atoms with Crippen molar-refractivity contribution in [3.8, 4) is 0 Å². The van der Waals surface area contributed by atoms with Crippen molar-refractivity contribution in [1.82, 2.24) is 14.9 Å². The Kier molecular flexibility index (Phi) is 7.46. The van der Waals surface area contributed by atoms with Gasteiger partial charge < -0.3 is 15.6 Å². The average molecular weight is 509 g/mol. The summed E-state index contributed by atoms with van der Waals surface area (Å²) in [5.41, 5.74) is 9.75. The zero-order valence-corrected chi connectivity index (χ0v) is 22.3. The van der Waals surface area contributed by atoms with Crippen molar-refractivity contribution < 1.29 is 4.79 Å². The molecule has 2 aliphatic rings. The Labute approximate surface area is 225 Å². The first-order valence-electron chi connectivity index (χ1n) is 14.6. The molecule has 5 nitrogen and oxygen atoms in total. The van der Waals surface area contributed by atoms with E-state index in [2.05, 4.69) is 69.6 Å². The van der Waals surface area contributed by atoms with Gasteiger partial charge in [0.25, 0.3) is 0 Å². The van der Waals surface area contributed by atoms with E-state index in [9.17, 15) is 4.79 Å². The van der Waals surface area contributed by atoms with E-state index >= 15 is 0 Å². The number of carbonyl (C=O) groups is 1. The van der Waals surface area contributed by atoms with Gasteiger partial charge in [-0.1, -0.05) is 61.7 Å². The third-order valence-corrected chi connectivity index (χ3v) is 8.98. The van der Waals surface area contributed by atoms with E-state index in [4.69, 9.17) is 5.73 Å². The summed E-state index contributed by atoms with van der Waals surface area (Å²) >= 11 is 0. The summed E-state index contributed by atoms with van der Waals surface area (Å²) in [4.78, 5) is 18.2. The van der Waals surface area contributed by atoms with Gasteiger partial charge in [-0.25, -0.2) is 0 Å². The molecule has 5 heteroatoms. The molecule has 0 aliphatic heterocycles. The van der Waals surface area contributed by atoms with Crippen molar-refractivity contribution in [2.24, 2.45) is 11.7 Å². The second-order valence-electron chi connectivity index (χ2n) is 11.6. The van der Waals surface area contributed by atoms with Gasteiger partial charge in [-0.15, -0.1) is 0 Å². The summed E-state index contributed by atoms with van der Waals surface area (Å²) in [6.45, 7) is 1.05. The maximum absolute atomic E-state index is 13.6. The van der Waals surface area contributed by atoms with Crippen LogP contribution in [0.5, 0.6) is 0 Å². The molecule has 198 valence electrons. The maximum atomic E-state index is 13.6. The summed E-state index contributed by atoms with van der Waals surface area (Å²) in [5.74, 6) is 0.774. The fourth-order valence-electron chi connectivity index (χ4n) is 6.89. The van der Waals surface area contributed by atoms with Crippen LogP contribution in [0.1, 0.15) is 81.3 Å². The molecule has 6 rings (SSSR count). The van der Waals surface area contributed by atoms with Crippen molar-refractivity contribution in [1.29, 1.82) is 0 Å². The molecular formula is C33H40N4O. The van der Waals surface area contributed by atoms with E-state index < -0.39 is 0 Å². The Hall–Kier alpha value is -3.18. The van der Waals surface area contributed by atoms with Crippen molar-refractivity contribution in [2.75, 3.05) is 0 Å². The van der Waals surface area contributed by atoms with Crippen LogP contribution in [0.25, 0.3) is 21.7 Å². The first-order chi connectivity index (χ1) is 18.7. The van der Waals surface area contributed by atoms with E-state index in [1.807, 2.05) is 12.4 Å². The molecule has 2 aromatic carbocycles. The van der Waals surface area contributed by atoms with E-state index in [1.165, 1.54) is 54.0 Å². The minimum Gasteiger partial charge on any atom is -0.353 e. The monoisotopic (exact) mass is 508 g/mol. The van der Waals surface area contributed by atoms with Crippen LogP contribution in [0.2, 0.25) is 0 Å². The van der Waals surface area contributed by atoms with Crippen LogP contribution in [0.4, 0.5) is 0 Å². The lowest BCUT2D eigenvalue weighted by Crippen LogP contribution is -2.40. The number of carbonyl (C=O) groups excluding carboxylic acids is 1. The topological polar surface area (TPSA) is 72.9 Å². The summed E-state index contributed by atoms with van der Waals surface area (Å²) in [6, 6.07) is 17.6. The Morgan fingerprint density at radius 1 is 0.895 bits per heavy atom. The van der Waals surface area contributed by atoms with Crippen molar-refractivity contribution >= 4 is 27.6 Å². The average Bonchev–Trinajstić information content (AvgIpc) is 3.31. The minimum atomic E-state index is -0.0723. The molecule has 2 fully saturated rings. The summed E-state index contributed by atoms with van der Waals surface area (Å²) < 4.78 is 2.46. The fourth-order valence-corrected chi connectivity index (χ4v) is 6.89. The molecule has 38 heavy (non-hydrogen) atoms. The van der Waals surface area contributed by atoms with Crippen LogP contribution in [0.3, 0.4) is 0 Å². The maximum Gasteiger partial charge on any atom is 0.221 e. The number of benzene rings is 2. The molecule has 0 bridgehead atoms. The smallest absolute Gasteiger partial charge is 0.221 e. The Bertz CT molecular complexity index is 1390. The van der Waals surface area contributed by atoms with Gasteiger partial charge in [0.1, 0.15) is 0 Å². The van der Waals surface area contributed by atoms with Gasteiger partial charge in [0.05, 0.1) is 0 Å². The zero-order valence-electron chi connectivity index (χ0n) is 22.3. The molecule has 2 saturated carbocycles. The Morgan fingerprint density at radius 2 is 1.63 bits per heavy atom. The summed E-state index contributed by atoms with van der Waals surface area (Å²) in [5, 5.41) is 6.89. The summed E-state index contributed by atoms with van der Waals surface area (Å²) in [7, 11) is 0. The third kappa shape index (κ3) is 5.35. The fraction of sp³-hybridized carbons (Fsp3) is 0.455. The SMILES string of the molecule is NC1CCC(NC(=O)CC(c2cncc3ccccc23)c2cn(CC3CCCCC3)c3ccccc23)CC1. The Morgan fingerprint density at radius 3 is 2.45 bits per heavy atom. The number of rotatable bonds is 7. The van der Waals surface area contributed by atoms with Crippen LogP contribution >= 0.6 is 0 Å². The van der Waals surface area contributed by atoms with Gasteiger partial charge in [0.2, 0.25) is 5.91 Å². The number of aromatic nitrogens is 2.